The Kier molecular flexibility index (Phi) is 6.92. The first-order valence-corrected chi connectivity index (χ1v) is 12.0. The van der Waals surface area contributed by atoms with Crippen molar-refractivity contribution in [1.29, 1.82) is 0 Å². The lowest BCUT2D eigenvalue weighted by atomic mass is 10.0. The molecule has 1 aliphatic rings. The van der Waals surface area contributed by atoms with E-state index in [9.17, 15) is 9.90 Å². The number of ketones is 1. The summed E-state index contributed by atoms with van der Waals surface area (Å²) < 4.78 is 11.5. The summed E-state index contributed by atoms with van der Waals surface area (Å²) in [6, 6.07) is 14.3. The second kappa shape index (κ2) is 10.3. The zero-order valence-electron chi connectivity index (χ0n) is 18.6. The maximum atomic E-state index is 13.6. The van der Waals surface area contributed by atoms with Crippen LogP contribution < -0.4 is 10.1 Å². The maximum absolute atomic E-state index is 13.6. The Morgan fingerprint density at radius 2 is 1.94 bits per heavy atom. The molecule has 0 bridgehead atoms. The van der Waals surface area contributed by atoms with E-state index in [1.54, 1.807) is 36.7 Å². The highest BCUT2D eigenvalue weighted by Crippen LogP contribution is 2.39. The Morgan fingerprint density at radius 3 is 2.69 bits per heavy atom. The van der Waals surface area contributed by atoms with Gasteiger partial charge in [0.1, 0.15) is 22.2 Å². The fourth-order valence-electron chi connectivity index (χ4n) is 4.19. The van der Waals surface area contributed by atoms with E-state index >= 15 is 0 Å². The molecule has 35 heavy (non-hydrogen) atoms. The van der Waals surface area contributed by atoms with Gasteiger partial charge in [-0.2, -0.15) is 0 Å². The predicted octanol–water partition coefficient (Wildman–Crippen LogP) is 5.84. The molecule has 1 fully saturated rings. The molecule has 0 amide bonds. The van der Waals surface area contributed by atoms with E-state index in [4.69, 9.17) is 32.7 Å². The average Bonchev–Trinajstić information content (AvgIpc) is 3.33. The minimum atomic E-state index is -0.286. The fourth-order valence-corrected chi connectivity index (χ4v) is 4.63. The number of aliphatic hydroxyl groups is 1. The van der Waals surface area contributed by atoms with Crippen LogP contribution in [0.15, 0.2) is 60.9 Å². The van der Waals surface area contributed by atoms with Gasteiger partial charge in [-0.1, -0.05) is 41.4 Å². The summed E-state index contributed by atoms with van der Waals surface area (Å²) in [6.45, 7) is 0.480. The first-order chi connectivity index (χ1) is 17.0. The van der Waals surface area contributed by atoms with Gasteiger partial charge in [-0.05, 0) is 43.2 Å². The van der Waals surface area contributed by atoms with E-state index in [1.165, 1.54) is 0 Å². The Morgan fingerprint density at radius 1 is 1.11 bits per heavy atom. The number of pyridine rings is 1. The average molecular weight is 512 g/mol. The van der Waals surface area contributed by atoms with Gasteiger partial charge in [-0.15, -0.1) is 0 Å². The van der Waals surface area contributed by atoms with Gasteiger partial charge in [0.2, 0.25) is 0 Å². The third kappa shape index (κ3) is 4.86. The van der Waals surface area contributed by atoms with Crippen molar-refractivity contribution in [2.24, 2.45) is 0 Å². The topological polar surface area (TPSA) is 96.5 Å². The zero-order chi connectivity index (χ0) is 24.4. The Balaban J connectivity index is 1.44. The van der Waals surface area contributed by atoms with Crippen LogP contribution in [-0.4, -0.2) is 46.2 Å². The van der Waals surface area contributed by atoms with Gasteiger partial charge in [0, 0.05) is 29.7 Å². The highest BCUT2D eigenvalue weighted by molar-refractivity contribution is 6.45. The number of benzene rings is 2. The molecular weight excluding hydrogens is 489 g/mol. The van der Waals surface area contributed by atoms with Gasteiger partial charge in [-0.25, -0.2) is 4.98 Å². The summed E-state index contributed by atoms with van der Waals surface area (Å²) >= 11 is 13.0. The number of H-pyrrole nitrogens is 1. The molecular formula is C26H23Cl2N3O4. The van der Waals surface area contributed by atoms with Gasteiger partial charge in [0.15, 0.2) is 5.78 Å². The first kappa shape index (κ1) is 23.6. The van der Waals surface area contributed by atoms with Gasteiger partial charge >= 0.3 is 0 Å². The molecule has 3 heterocycles. The SMILES string of the molecule is O=C(c1ccc(Oc2ccccc2)c(Cl)c1Cl)c1c[nH]c2nccc(N[C@@H]3CC[C@@H](CO)OC3)c12. The molecule has 7 nitrogen and oxygen atoms in total. The monoisotopic (exact) mass is 511 g/mol. The number of para-hydroxylation sites is 1. The summed E-state index contributed by atoms with van der Waals surface area (Å²) in [5.74, 6) is 0.687. The number of aromatic amines is 1. The van der Waals surface area contributed by atoms with Crippen LogP contribution >= 0.6 is 23.2 Å². The van der Waals surface area contributed by atoms with E-state index < -0.39 is 0 Å². The molecule has 4 aromatic rings. The highest BCUT2D eigenvalue weighted by Gasteiger charge is 2.25. The van der Waals surface area contributed by atoms with Gasteiger partial charge in [-0.3, -0.25) is 4.79 Å². The quantitative estimate of drug-likeness (QED) is 0.269. The van der Waals surface area contributed by atoms with Crippen molar-refractivity contribution in [3.63, 3.8) is 0 Å². The van der Waals surface area contributed by atoms with E-state index in [0.717, 1.165) is 18.5 Å². The number of nitrogens with zero attached hydrogens (tertiary/aromatic N) is 1. The van der Waals surface area contributed by atoms with Crippen molar-refractivity contribution in [1.82, 2.24) is 9.97 Å². The van der Waals surface area contributed by atoms with Gasteiger partial charge in [0.05, 0.1) is 35.3 Å². The minimum absolute atomic E-state index is 0.0151. The number of halogens is 2. The number of carbonyl (C=O) groups is 1. The molecule has 5 rings (SSSR count). The number of hydrogen-bond donors (Lipinski definition) is 3. The molecule has 9 heteroatoms. The Labute approximate surface area is 212 Å². The molecule has 2 atom stereocenters. The number of anilines is 1. The van der Waals surface area contributed by atoms with Gasteiger partial charge in [0.25, 0.3) is 0 Å². The maximum Gasteiger partial charge on any atom is 0.196 e. The first-order valence-electron chi connectivity index (χ1n) is 11.3. The molecule has 0 saturated carbocycles. The second-order valence-corrected chi connectivity index (χ2v) is 9.08. The summed E-state index contributed by atoms with van der Waals surface area (Å²) in [6.07, 6.45) is 4.77. The number of aliphatic hydroxyl groups excluding tert-OH is 1. The largest absolute Gasteiger partial charge is 0.456 e. The molecule has 180 valence electrons. The molecule has 2 aromatic heterocycles. The number of hydrogen-bond acceptors (Lipinski definition) is 6. The molecule has 0 aliphatic carbocycles. The van der Waals surface area contributed by atoms with Crippen LogP contribution in [-0.2, 0) is 4.74 Å². The lowest BCUT2D eigenvalue weighted by Gasteiger charge is -2.29. The van der Waals surface area contributed by atoms with Crippen molar-refractivity contribution in [2.45, 2.75) is 25.0 Å². The Bertz CT molecular complexity index is 1350. The summed E-state index contributed by atoms with van der Waals surface area (Å²) in [4.78, 5) is 21.0. The van der Waals surface area contributed by atoms with Crippen LogP contribution in [0.4, 0.5) is 5.69 Å². The number of rotatable bonds is 7. The van der Waals surface area contributed by atoms with Crippen molar-refractivity contribution in [2.75, 3.05) is 18.5 Å². The normalized spacial score (nSPS) is 17.9. The summed E-state index contributed by atoms with van der Waals surface area (Å²) in [7, 11) is 0. The zero-order valence-corrected chi connectivity index (χ0v) is 20.1. The standard InChI is InChI=1S/C26H23Cl2N3O4/c27-23-18(8-9-21(24(23)28)35-16-4-2-1-3-5-16)25(33)19-12-30-26-22(19)20(10-11-29-26)31-15-6-7-17(13-32)34-14-15/h1-5,8-12,15,17,32H,6-7,13-14H2,(H2,29,30,31)/t15-,17+/m1/s1. The van der Waals surface area contributed by atoms with E-state index in [2.05, 4.69) is 15.3 Å². The molecule has 1 aliphatic heterocycles. The van der Waals surface area contributed by atoms with Crippen LogP contribution in [0, 0.1) is 0 Å². The summed E-state index contributed by atoms with van der Waals surface area (Å²) in [5, 5.41) is 13.7. The van der Waals surface area contributed by atoms with Gasteiger partial charge < -0.3 is 24.9 Å². The van der Waals surface area contributed by atoms with Crippen LogP contribution in [0.25, 0.3) is 11.0 Å². The Hall–Kier alpha value is -3.10. The third-order valence-electron chi connectivity index (χ3n) is 6.01. The van der Waals surface area contributed by atoms with Crippen LogP contribution in [0.3, 0.4) is 0 Å². The smallest absolute Gasteiger partial charge is 0.196 e. The van der Waals surface area contributed by atoms with E-state index in [-0.39, 0.29) is 40.1 Å². The lowest BCUT2D eigenvalue weighted by molar-refractivity contribution is -0.0223. The van der Waals surface area contributed by atoms with Crippen LogP contribution in [0.1, 0.15) is 28.8 Å². The number of nitrogens with one attached hydrogen (secondary N) is 2. The number of ether oxygens (including phenoxy) is 2. The van der Waals surface area contributed by atoms with E-state index in [1.807, 2.05) is 24.3 Å². The van der Waals surface area contributed by atoms with Crippen molar-refractivity contribution >= 4 is 45.7 Å². The van der Waals surface area contributed by atoms with Crippen molar-refractivity contribution < 1.29 is 19.4 Å². The fraction of sp³-hybridized carbons (Fsp3) is 0.231. The number of aromatic nitrogens is 2. The molecule has 2 aromatic carbocycles. The van der Waals surface area contributed by atoms with Crippen LogP contribution in [0.5, 0.6) is 11.5 Å². The molecule has 0 unspecified atom stereocenters. The predicted molar refractivity (Wildman–Crippen MR) is 136 cm³/mol. The van der Waals surface area contributed by atoms with Crippen molar-refractivity contribution in [3.8, 4) is 11.5 Å². The van der Waals surface area contributed by atoms with Crippen molar-refractivity contribution in [3.05, 3.63) is 82.1 Å². The van der Waals surface area contributed by atoms with Crippen LogP contribution in [0.2, 0.25) is 10.0 Å². The second-order valence-electron chi connectivity index (χ2n) is 8.32. The molecule has 3 N–H and O–H groups in total. The number of carbonyl (C=O) groups excluding carboxylic acids is 1. The molecule has 1 saturated heterocycles. The highest BCUT2D eigenvalue weighted by atomic mass is 35.5. The van der Waals surface area contributed by atoms with E-state index in [0.29, 0.717) is 34.7 Å². The lowest BCUT2D eigenvalue weighted by Crippen LogP contribution is -2.36. The minimum Gasteiger partial charge on any atom is -0.456 e. The summed E-state index contributed by atoms with van der Waals surface area (Å²) in [5.41, 5.74) is 2.03. The molecule has 0 radical (unpaired) electrons. The number of fused-ring (bicyclic) bond motifs is 1. The molecule has 0 spiro atoms. The third-order valence-corrected chi connectivity index (χ3v) is 6.88.